The molecule has 8 nitrogen and oxygen atoms in total. The lowest BCUT2D eigenvalue weighted by atomic mass is 10.0. The van der Waals surface area contributed by atoms with Gasteiger partial charge in [0, 0.05) is 19.3 Å². The number of rotatable bonds is 45. The van der Waals surface area contributed by atoms with Crippen molar-refractivity contribution in [3.63, 3.8) is 0 Å². The molecule has 0 aromatic rings. The van der Waals surface area contributed by atoms with Crippen LogP contribution in [0.15, 0.2) is 12.2 Å². The van der Waals surface area contributed by atoms with Gasteiger partial charge in [-0.15, -0.1) is 0 Å². The van der Waals surface area contributed by atoms with Gasteiger partial charge in [-0.05, 0) is 38.5 Å². The fourth-order valence-corrected chi connectivity index (χ4v) is 7.56. The Morgan fingerprint density at radius 3 is 1.24 bits per heavy atom. The van der Waals surface area contributed by atoms with Crippen molar-refractivity contribution >= 4 is 17.9 Å². The summed E-state index contributed by atoms with van der Waals surface area (Å²) in [5.41, 5.74) is 0. The molecular formula is C50H96NO7+. The highest BCUT2D eigenvalue weighted by molar-refractivity contribution is 5.72. The molecule has 0 amide bonds. The van der Waals surface area contributed by atoms with Crippen molar-refractivity contribution < 1.29 is 38.2 Å². The lowest BCUT2D eigenvalue weighted by molar-refractivity contribution is -0.887. The van der Waals surface area contributed by atoms with Gasteiger partial charge in [0.25, 0.3) is 0 Å². The smallest absolute Gasteiger partial charge is 0.362 e. The molecule has 2 atom stereocenters. The molecule has 0 bridgehead atoms. The first-order chi connectivity index (χ1) is 28.1. The predicted molar refractivity (Wildman–Crippen MR) is 243 cm³/mol. The highest BCUT2D eigenvalue weighted by atomic mass is 16.6. The summed E-state index contributed by atoms with van der Waals surface area (Å²) in [6.07, 6.45) is 45.4. The second-order valence-electron chi connectivity index (χ2n) is 18.1. The summed E-state index contributed by atoms with van der Waals surface area (Å²) in [5.74, 6) is -1.46. The van der Waals surface area contributed by atoms with Crippen LogP contribution in [0.5, 0.6) is 0 Å². The quantitative estimate of drug-likeness (QED) is 0.0283. The van der Waals surface area contributed by atoms with Gasteiger partial charge in [-0.3, -0.25) is 9.59 Å². The first kappa shape index (κ1) is 56.1. The lowest BCUT2D eigenvalue weighted by Gasteiger charge is -2.31. The number of hydrogen-bond donors (Lipinski definition) is 1. The van der Waals surface area contributed by atoms with Crippen molar-refractivity contribution in [3.05, 3.63) is 12.2 Å². The van der Waals surface area contributed by atoms with Crippen molar-refractivity contribution in [2.24, 2.45) is 0 Å². The van der Waals surface area contributed by atoms with Crippen LogP contribution in [0.25, 0.3) is 0 Å². The lowest BCUT2D eigenvalue weighted by Crippen LogP contribution is -2.50. The van der Waals surface area contributed by atoms with E-state index >= 15 is 0 Å². The van der Waals surface area contributed by atoms with E-state index in [1.165, 1.54) is 154 Å². The third kappa shape index (κ3) is 39.5. The Morgan fingerprint density at radius 1 is 0.500 bits per heavy atom. The molecule has 1 N–H and O–H groups in total. The van der Waals surface area contributed by atoms with Gasteiger partial charge < -0.3 is 23.8 Å². The molecule has 2 unspecified atom stereocenters. The number of aliphatic carboxylic acids is 1. The second-order valence-corrected chi connectivity index (χ2v) is 18.1. The number of ether oxygens (including phenoxy) is 3. The molecule has 0 spiro atoms. The molecule has 0 saturated heterocycles. The SMILES string of the molecule is CCCCCCCCC/C=C\CCCCCCCC(=O)OC(COCCC(C(=O)O)[N+](C)(C)C)COC(=O)CCCCCCCCCCCCCCCCCCCC. The first-order valence-corrected chi connectivity index (χ1v) is 24.7. The number of allylic oxidation sites excluding steroid dienone is 2. The Bertz CT molecular complexity index is 962. The van der Waals surface area contributed by atoms with E-state index in [-0.39, 0.29) is 36.2 Å². The summed E-state index contributed by atoms with van der Waals surface area (Å²) in [5, 5.41) is 9.64. The minimum Gasteiger partial charge on any atom is -0.477 e. The second kappa shape index (κ2) is 41.8. The Morgan fingerprint density at radius 2 is 0.862 bits per heavy atom. The van der Waals surface area contributed by atoms with Crippen LogP contribution in [-0.4, -0.2) is 80.6 Å². The molecule has 0 rings (SSSR count). The third-order valence-electron chi connectivity index (χ3n) is 11.4. The van der Waals surface area contributed by atoms with Gasteiger partial charge in [-0.2, -0.15) is 0 Å². The Hall–Kier alpha value is -1.93. The number of carboxylic acid groups (broad SMARTS) is 1. The zero-order valence-corrected chi connectivity index (χ0v) is 39.0. The molecule has 0 aliphatic heterocycles. The maximum absolute atomic E-state index is 12.8. The summed E-state index contributed by atoms with van der Waals surface area (Å²) < 4.78 is 17.3. The van der Waals surface area contributed by atoms with Crippen LogP contribution in [0.2, 0.25) is 0 Å². The summed E-state index contributed by atoms with van der Waals surface area (Å²) >= 11 is 0. The molecule has 0 aliphatic carbocycles. The van der Waals surface area contributed by atoms with Crippen LogP contribution in [-0.2, 0) is 28.6 Å². The molecule has 0 radical (unpaired) electrons. The number of unbranched alkanes of at least 4 members (excludes halogenated alkanes) is 29. The maximum atomic E-state index is 12.8. The van der Waals surface area contributed by atoms with Crippen molar-refractivity contribution in [2.75, 3.05) is 41.0 Å². The average Bonchev–Trinajstić information content (AvgIpc) is 3.18. The molecule has 0 aromatic carbocycles. The fourth-order valence-electron chi connectivity index (χ4n) is 7.56. The molecule has 0 aliphatic rings. The standard InChI is InChI=1S/C50H95NO7/c1-6-8-10-12-14-16-18-20-22-24-25-27-28-30-32-34-36-38-40-48(52)57-45-46(44-56-43-42-47(50(54)55)51(3,4)5)58-49(53)41-39-37-35-33-31-29-26-23-21-19-17-15-13-11-9-7-2/h23,26,46-47H,6-22,24-25,27-45H2,1-5H3/p+1/b26-23-. The van der Waals surface area contributed by atoms with E-state index in [0.717, 1.165) is 51.4 Å². The van der Waals surface area contributed by atoms with Crippen LogP contribution in [0.1, 0.15) is 239 Å². The van der Waals surface area contributed by atoms with E-state index in [2.05, 4.69) is 26.0 Å². The zero-order chi connectivity index (χ0) is 42.8. The molecule has 8 heteroatoms. The van der Waals surface area contributed by atoms with E-state index in [0.29, 0.717) is 19.3 Å². The number of hydrogen-bond acceptors (Lipinski definition) is 6. The van der Waals surface area contributed by atoms with Crippen molar-refractivity contribution in [1.82, 2.24) is 0 Å². The molecule has 0 aromatic heterocycles. The van der Waals surface area contributed by atoms with Gasteiger partial charge in [0.05, 0.1) is 34.4 Å². The summed E-state index contributed by atoms with van der Waals surface area (Å²) in [4.78, 5) is 37.1. The van der Waals surface area contributed by atoms with Crippen molar-refractivity contribution in [3.8, 4) is 0 Å². The monoisotopic (exact) mass is 823 g/mol. The van der Waals surface area contributed by atoms with Crippen molar-refractivity contribution in [1.29, 1.82) is 0 Å². The number of quaternary nitrogens is 1. The van der Waals surface area contributed by atoms with Crippen LogP contribution in [0.4, 0.5) is 0 Å². The fraction of sp³-hybridized carbons (Fsp3) is 0.900. The number of nitrogens with zero attached hydrogens (tertiary/aromatic N) is 1. The molecule has 342 valence electrons. The number of likely N-dealkylation sites (N-methyl/N-ethyl adjacent to an activating group) is 1. The molecular weight excluding hydrogens is 727 g/mol. The van der Waals surface area contributed by atoms with E-state index in [9.17, 15) is 19.5 Å². The molecule has 58 heavy (non-hydrogen) atoms. The summed E-state index contributed by atoms with van der Waals surface area (Å²) in [7, 11) is 5.54. The number of carbonyl (C=O) groups is 3. The Labute approximate surface area is 359 Å². The van der Waals surface area contributed by atoms with Gasteiger partial charge >= 0.3 is 17.9 Å². The Kier molecular flexibility index (Phi) is 40.4. The topological polar surface area (TPSA) is 99.1 Å². The van der Waals surface area contributed by atoms with Gasteiger partial charge in [-0.1, -0.05) is 193 Å². The van der Waals surface area contributed by atoms with Gasteiger partial charge in [-0.25, -0.2) is 4.79 Å². The summed E-state index contributed by atoms with van der Waals surface area (Å²) in [6.45, 7) is 4.77. The zero-order valence-electron chi connectivity index (χ0n) is 39.0. The van der Waals surface area contributed by atoms with Crippen LogP contribution < -0.4 is 0 Å². The van der Waals surface area contributed by atoms with Crippen LogP contribution in [0.3, 0.4) is 0 Å². The largest absolute Gasteiger partial charge is 0.477 e. The number of carboxylic acids is 1. The Balaban J connectivity index is 4.25. The van der Waals surface area contributed by atoms with Crippen molar-refractivity contribution in [2.45, 2.75) is 251 Å². The van der Waals surface area contributed by atoms with Crippen LogP contribution in [0, 0.1) is 0 Å². The van der Waals surface area contributed by atoms with E-state index in [1.54, 1.807) is 0 Å². The molecule has 0 heterocycles. The maximum Gasteiger partial charge on any atom is 0.362 e. The normalized spacial score (nSPS) is 12.9. The van der Waals surface area contributed by atoms with Gasteiger partial charge in [0.15, 0.2) is 12.1 Å². The highest BCUT2D eigenvalue weighted by Crippen LogP contribution is 2.16. The molecule has 0 fully saturated rings. The molecule has 0 saturated carbocycles. The number of carbonyl (C=O) groups excluding carboxylic acids is 2. The average molecular weight is 823 g/mol. The minimum atomic E-state index is -0.872. The van der Waals surface area contributed by atoms with Gasteiger partial charge in [0.1, 0.15) is 6.61 Å². The van der Waals surface area contributed by atoms with E-state index in [1.807, 2.05) is 21.1 Å². The van der Waals surface area contributed by atoms with Gasteiger partial charge in [0.2, 0.25) is 0 Å². The summed E-state index contributed by atoms with van der Waals surface area (Å²) in [6, 6.07) is -0.612. The first-order valence-electron chi connectivity index (χ1n) is 24.7. The highest BCUT2D eigenvalue weighted by Gasteiger charge is 2.31. The predicted octanol–water partition coefficient (Wildman–Crippen LogP) is 13.9. The third-order valence-corrected chi connectivity index (χ3v) is 11.4. The van der Waals surface area contributed by atoms with E-state index in [4.69, 9.17) is 14.2 Å². The van der Waals surface area contributed by atoms with Crippen LogP contribution >= 0.6 is 0 Å². The minimum absolute atomic E-state index is 0.0478. The number of esters is 2. The van der Waals surface area contributed by atoms with E-state index < -0.39 is 18.1 Å².